The van der Waals surface area contributed by atoms with Gasteiger partial charge in [-0.3, -0.25) is 4.90 Å². The van der Waals surface area contributed by atoms with E-state index in [9.17, 15) is 5.11 Å². The highest BCUT2D eigenvalue weighted by Crippen LogP contribution is 2.28. The van der Waals surface area contributed by atoms with Crippen molar-refractivity contribution in [1.29, 1.82) is 0 Å². The number of hydrogen-bond donors (Lipinski definition) is 2. The summed E-state index contributed by atoms with van der Waals surface area (Å²) in [6.07, 6.45) is 0. The number of nitrogens with one attached hydrogen (secondary N) is 1. The van der Waals surface area contributed by atoms with Gasteiger partial charge >= 0.3 is 0 Å². The molecule has 3 rings (SSSR count). The minimum Gasteiger partial charge on any atom is -0.508 e. The molecule has 2 aromatic rings. The molecule has 0 spiro atoms. The molecule has 1 saturated heterocycles. The van der Waals surface area contributed by atoms with Crippen LogP contribution in [0.15, 0.2) is 36.4 Å². The van der Waals surface area contributed by atoms with Crippen LogP contribution >= 0.6 is 0 Å². The Hall–Kier alpha value is -1.58. The Kier molecular flexibility index (Phi) is 3.64. The van der Waals surface area contributed by atoms with Crippen LogP contribution in [0.25, 0.3) is 10.8 Å². The van der Waals surface area contributed by atoms with Crippen molar-refractivity contribution >= 4 is 10.8 Å². The van der Waals surface area contributed by atoms with Gasteiger partial charge in [0.25, 0.3) is 0 Å². The normalized spacial score (nSPS) is 24.1. The van der Waals surface area contributed by atoms with Crippen molar-refractivity contribution in [2.24, 2.45) is 0 Å². The molecule has 3 nitrogen and oxygen atoms in total. The highest BCUT2D eigenvalue weighted by Gasteiger charge is 2.22. The number of piperazine rings is 1. The van der Waals surface area contributed by atoms with E-state index in [1.807, 2.05) is 24.3 Å². The first kappa shape index (κ1) is 13.4. The second kappa shape index (κ2) is 5.43. The molecule has 0 aromatic heterocycles. The first-order chi connectivity index (χ1) is 9.63. The fourth-order valence-corrected chi connectivity index (χ4v) is 3.28. The molecule has 0 saturated carbocycles. The van der Waals surface area contributed by atoms with E-state index in [1.54, 1.807) is 0 Å². The molecular weight excluding hydrogens is 248 g/mol. The molecule has 3 heteroatoms. The SMILES string of the molecule is CC1CN(Cc2c(O)ccc3ccccc23)CC(C)N1. The van der Waals surface area contributed by atoms with Gasteiger partial charge < -0.3 is 10.4 Å². The third kappa shape index (κ3) is 2.65. The van der Waals surface area contributed by atoms with Crippen molar-refractivity contribution in [3.05, 3.63) is 42.0 Å². The average molecular weight is 270 g/mol. The Morgan fingerprint density at radius 3 is 2.55 bits per heavy atom. The van der Waals surface area contributed by atoms with Crippen molar-refractivity contribution in [3.8, 4) is 5.75 Å². The minimum absolute atomic E-state index is 0.405. The molecule has 20 heavy (non-hydrogen) atoms. The zero-order valence-electron chi connectivity index (χ0n) is 12.1. The number of aromatic hydroxyl groups is 1. The van der Waals surface area contributed by atoms with Crippen molar-refractivity contribution in [3.63, 3.8) is 0 Å². The average Bonchev–Trinajstić information content (AvgIpc) is 2.41. The molecule has 0 bridgehead atoms. The van der Waals surface area contributed by atoms with E-state index in [1.165, 1.54) is 5.39 Å². The monoisotopic (exact) mass is 270 g/mol. The van der Waals surface area contributed by atoms with Crippen molar-refractivity contribution in [2.75, 3.05) is 13.1 Å². The van der Waals surface area contributed by atoms with Gasteiger partial charge in [0.1, 0.15) is 5.75 Å². The van der Waals surface area contributed by atoms with Crippen LogP contribution in [0.3, 0.4) is 0 Å². The van der Waals surface area contributed by atoms with Gasteiger partial charge in [0, 0.05) is 37.3 Å². The third-order valence-corrected chi connectivity index (χ3v) is 4.03. The molecule has 2 aromatic carbocycles. The van der Waals surface area contributed by atoms with Crippen LogP contribution in [-0.2, 0) is 6.54 Å². The maximum atomic E-state index is 10.2. The van der Waals surface area contributed by atoms with Crippen LogP contribution in [0.2, 0.25) is 0 Å². The van der Waals surface area contributed by atoms with Crippen molar-refractivity contribution in [1.82, 2.24) is 10.2 Å². The first-order valence-corrected chi connectivity index (χ1v) is 7.31. The summed E-state index contributed by atoms with van der Waals surface area (Å²) >= 11 is 0. The number of fused-ring (bicyclic) bond motifs is 1. The Bertz CT molecular complexity index is 601. The molecule has 1 fully saturated rings. The molecule has 2 N–H and O–H groups in total. The van der Waals surface area contributed by atoms with E-state index >= 15 is 0 Å². The van der Waals surface area contributed by atoms with E-state index in [-0.39, 0.29) is 0 Å². The van der Waals surface area contributed by atoms with Crippen LogP contribution in [0.5, 0.6) is 5.75 Å². The highest BCUT2D eigenvalue weighted by molar-refractivity contribution is 5.87. The third-order valence-electron chi connectivity index (χ3n) is 4.03. The summed E-state index contributed by atoms with van der Waals surface area (Å²) < 4.78 is 0. The highest BCUT2D eigenvalue weighted by atomic mass is 16.3. The van der Waals surface area contributed by atoms with Crippen molar-refractivity contribution in [2.45, 2.75) is 32.5 Å². The molecule has 0 aliphatic carbocycles. The zero-order chi connectivity index (χ0) is 14.1. The van der Waals surface area contributed by atoms with E-state index < -0.39 is 0 Å². The van der Waals surface area contributed by atoms with Crippen LogP contribution in [-0.4, -0.2) is 35.2 Å². The second-order valence-electron chi connectivity index (χ2n) is 5.95. The summed E-state index contributed by atoms with van der Waals surface area (Å²) in [4.78, 5) is 2.42. The Morgan fingerprint density at radius 2 is 1.80 bits per heavy atom. The number of rotatable bonds is 2. The minimum atomic E-state index is 0.405. The number of hydrogen-bond acceptors (Lipinski definition) is 3. The second-order valence-corrected chi connectivity index (χ2v) is 5.95. The van der Waals surface area contributed by atoms with Gasteiger partial charge in [0.15, 0.2) is 0 Å². The van der Waals surface area contributed by atoms with E-state index in [0.717, 1.165) is 30.6 Å². The van der Waals surface area contributed by atoms with Crippen LogP contribution in [0.1, 0.15) is 19.4 Å². The maximum absolute atomic E-state index is 10.2. The van der Waals surface area contributed by atoms with Gasteiger partial charge in [0.05, 0.1) is 0 Å². The van der Waals surface area contributed by atoms with E-state index in [2.05, 4.69) is 36.2 Å². The topological polar surface area (TPSA) is 35.5 Å². The summed E-state index contributed by atoms with van der Waals surface area (Å²) in [6, 6.07) is 13.1. The quantitative estimate of drug-likeness (QED) is 0.881. The summed E-state index contributed by atoms with van der Waals surface area (Å²) in [5.41, 5.74) is 1.05. The zero-order valence-corrected chi connectivity index (χ0v) is 12.1. The summed E-state index contributed by atoms with van der Waals surface area (Å²) in [7, 11) is 0. The van der Waals surface area contributed by atoms with Crippen LogP contribution in [0.4, 0.5) is 0 Å². The lowest BCUT2D eigenvalue weighted by Gasteiger charge is -2.36. The van der Waals surface area contributed by atoms with Gasteiger partial charge in [0.2, 0.25) is 0 Å². The maximum Gasteiger partial charge on any atom is 0.120 e. The molecule has 106 valence electrons. The summed E-state index contributed by atoms with van der Waals surface area (Å²) in [5, 5.41) is 16.1. The standard InChI is InChI=1S/C17H22N2O/c1-12-9-19(10-13(2)18-12)11-16-15-6-4-3-5-14(15)7-8-17(16)20/h3-8,12-13,18,20H,9-11H2,1-2H3. The molecule has 2 unspecified atom stereocenters. The molecule has 2 atom stereocenters. The molecule has 1 heterocycles. The fraction of sp³-hybridized carbons (Fsp3) is 0.412. The number of phenolic OH excluding ortho intramolecular Hbond substituents is 1. The van der Waals surface area contributed by atoms with Crippen molar-refractivity contribution < 1.29 is 5.11 Å². The molecule has 1 aliphatic rings. The predicted octanol–water partition coefficient (Wildman–Crippen LogP) is 2.73. The summed E-state index contributed by atoms with van der Waals surface area (Å²) in [5.74, 6) is 0.405. The number of nitrogens with zero attached hydrogens (tertiary/aromatic N) is 1. The molecular formula is C17H22N2O. The summed E-state index contributed by atoms with van der Waals surface area (Å²) in [6.45, 7) is 7.28. The molecule has 1 aliphatic heterocycles. The number of phenols is 1. The lowest BCUT2D eigenvalue weighted by atomic mass is 10.0. The Balaban J connectivity index is 1.92. The Morgan fingerprint density at radius 1 is 1.10 bits per heavy atom. The lowest BCUT2D eigenvalue weighted by molar-refractivity contribution is 0.166. The van der Waals surface area contributed by atoms with Crippen LogP contribution < -0.4 is 5.32 Å². The lowest BCUT2D eigenvalue weighted by Crippen LogP contribution is -2.53. The fourth-order valence-electron chi connectivity index (χ4n) is 3.28. The predicted molar refractivity (Wildman–Crippen MR) is 82.9 cm³/mol. The van der Waals surface area contributed by atoms with Gasteiger partial charge in [-0.1, -0.05) is 30.3 Å². The van der Waals surface area contributed by atoms with E-state index in [0.29, 0.717) is 17.8 Å². The first-order valence-electron chi connectivity index (χ1n) is 7.31. The molecule has 0 radical (unpaired) electrons. The number of benzene rings is 2. The van der Waals surface area contributed by atoms with Gasteiger partial charge in [-0.15, -0.1) is 0 Å². The largest absolute Gasteiger partial charge is 0.508 e. The smallest absolute Gasteiger partial charge is 0.120 e. The van der Waals surface area contributed by atoms with E-state index in [4.69, 9.17) is 0 Å². The Labute approximate surface area is 120 Å². The van der Waals surface area contributed by atoms with Gasteiger partial charge in [-0.2, -0.15) is 0 Å². The van der Waals surface area contributed by atoms with Crippen LogP contribution in [0, 0.1) is 0 Å². The van der Waals surface area contributed by atoms with Gasteiger partial charge in [-0.05, 0) is 30.7 Å². The molecule has 0 amide bonds. The van der Waals surface area contributed by atoms with Gasteiger partial charge in [-0.25, -0.2) is 0 Å².